The molecule has 7 rings (SSSR count). The fourth-order valence-electron chi connectivity index (χ4n) is 5.90. The van der Waals surface area contributed by atoms with Crippen molar-refractivity contribution in [1.29, 1.82) is 0 Å². The monoisotopic (exact) mass is 540 g/mol. The summed E-state index contributed by atoms with van der Waals surface area (Å²) in [5.74, 6) is 1.64. The number of hydrogen-bond donors (Lipinski definition) is 0. The van der Waals surface area contributed by atoms with Crippen molar-refractivity contribution in [2.24, 2.45) is 40.6 Å². The zero-order chi connectivity index (χ0) is 23.6. The first kappa shape index (κ1) is 21.9. The quantitative estimate of drug-likeness (QED) is 0.291. The number of imide groups is 1. The van der Waals surface area contributed by atoms with E-state index >= 15 is 0 Å². The van der Waals surface area contributed by atoms with E-state index in [0.717, 1.165) is 17.0 Å². The largest absolute Gasteiger partial charge is 0.493 e. The molecule has 6 atom stereocenters. The molecule has 0 unspecified atom stereocenters. The second kappa shape index (κ2) is 8.24. The standard InChI is InChI=1S/C26H22BrClN2O4/c1-33-21-9-13(8-19(27)24(21)34-12-14-4-2-3-5-20(14)28)11-29-30-25(31)22-15-6-7-16(18-10-17(15)18)23(22)26(30)32/h2-9,11,15-18,22-23H,10,12H2,1H3/b29-11+/t15-,16-,17-,18-,22-,23+/m1/s1. The van der Waals surface area contributed by atoms with Crippen molar-refractivity contribution in [1.82, 2.24) is 5.01 Å². The number of amides is 2. The summed E-state index contributed by atoms with van der Waals surface area (Å²) in [5.41, 5.74) is 1.53. The highest BCUT2D eigenvalue weighted by atomic mass is 79.9. The van der Waals surface area contributed by atoms with E-state index in [9.17, 15) is 9.59 Å². The average Bonchev–Trinajstić information content (AvgIpc) is 3.62. The topological polar surface area (TPSA) is 68.2 Å². The minimum absolute atomic E-state index is 0.179. The molecule has 0 radical (unpaired) electrons. The van der Waals surface area contributed by atoms with E-state index < -0.39 is 0 Å². The van der Waals surface area contributed by atoms with Gasteiger partial charge in [-0.05, 0) is 69.8 Å². The first-order valence-corrected chi connectivity index (χ1v) is 12.5. The molecule has 2 saturated carbocycles. The number of methoxy groups -OCH3 is 1. The van der Waals surface area contributed by atoms with Gasteiger partial charge >= 0.3 is 0 Å². The van der Waals surface area contributed by atoms with Crippen LogP contribution in [0.3, 0.4) is 0 Å². The molecule has 1 saturated heterocycles. The van der Waals surface area contributed by atoms with Gasteiger partial charge in [0, 0.05) is 10.6 Å². The first-order valence-electron chi connectivity index (χ1n) is 11.3. The molecular weight excluding hydrogens is 520 g/mol. The molecule has 6 nitrogen and oxygen atoms in total. The van der Waals surface area contributed by atoms with Crippen LogP contribution in [0.1, 0.15) is 17.5 Å². The summed E-state index contributed by atoms with van der Waals surface area (Å²) in [6.07, 6.45) is 6.97. The van der Waals surface area contributed by atoms with Crippen LogP contribution in [0.25, 0.3) is 0 Å². The van der Waals surface area contributed by atoms with E-state index in [0.29, 0.717) is 38.4 Å². The fourth-order valence-corrected chi connectivity index (χ4v) is 6.66. The molecule has 0 aromatic heterocycles. The Morgan fingerprint density at radius 2 is 1.79 bits per heavy atom. The Kier molecular flexibility index (Phi) is 5.30. The smallest absolute Gasteiger partial charge is 0.254 e. The Morgan fingerprint density at radius 1 is 1.12 bits per heavy atom. The van der Waals surface area contributed by atoms with Gasteiger partial charge in [0.15, 0.2) is 11.5 Å². The molecule has 1 heterocycles. The van der Waals surface area contributed by atoms with Gasteiger partial charge in [-0.3, -0.25) is 9.59 Å². The summed E-state index contributed by atoms with van der Waals surface area (Å²) < 4.78 is 12.2. The van der Waals surface area contributed by atoms with Gasteiger partial charge in [-0.2, -0.15) is 10.1 Å². The number of rotatable bonds is 6. The second-order valence-electron chi connectivity index (χ2n) is 9.30. The summed E-state index contributed by atoms with van der Waals surface area (Å²) in [7, 11) is 1.55. The third-order valence-corrected chi connectivity index (χ3v) is 8.50. The van der Waals surface area contributed by atoms with Crippen molar-refractivity contribution in [3.8, 4) is 11.5 Å². The molecule has 4 aliphatic carbocycles. The van der Waals surface area contributed by atoms with E-state index in [-0.39, 0.29) is 42.1 Å². The van der Waals surface area contributed by atoms with Gasteiger partial charge in [0.25, 0.3) is 11.8 Å². The number of allylic oxidation sites excluding steroid dienone is 2. The van der Waals surface area contributed by atoms with Crippen LogP contribution in [-0.4, -0.2) is 30.1 Å². The summed E-state index contributed by atoms with van der Waals surface area (Å²) >= 11 is 9.77. The second-order valence-corrected chi connectivity index (χ2v) is 10.6. The van der Waals surface area contributed by atoms with Gasteiger partial charge < -0.3 is 9.47 Å². The van der Waals surface area contributed by atoms with Crippen LogP contribution in [0.15, 0.2) is 58.1 Å². The van der Waals surface area contributed by atoms with Crippen molar-refractivity contribution in [2.75, 3.05) is 7.11 Å². The molecule has 5 aliphatic rings. The van der Waals surface area contributed by atoms with Crippen LogP contribution in [0.2, 0.25) is 5.02 Å². The molecule has 0 spiro atoms. The molecule has 3 fully saturated rings. The van der Waals surface area contributed by atoms with Gasteiger partial charge in [0.05, 0.1) is 29.6 Å². The number of ether oxygens (including phenoxy) is 2. The fraction of sp³-hybridized carbons (Fsp3) is 0.346. The summed E-state index contributed by atoms with van der Waals surface area (Å²) in [6.45, 7) is 0.278. The zero-order valence-electron chi connectivity index (χ0n) is 18.4. The SMILES string of the molecule is COc1cc(/C=N/N2C(=O)[C@@H]3[C@@H]4C=C[C@H]([C@H]5C[C@H]45)[C@@H]3C2=O)cc(Br)c1OCc1ccccc1Cl. The predicted molar refractivity (Wildman–Crippen MR) is 131 cm³/mol. The molecule has 2 amide bonds. The maximum Gasteiger partial charge on any atom is 0.254 e. The van der Waals surface area contributed by atoms with Crippen LogP contribution < -0.4 is 9.47 Å². The summed E-state index contributed by atoms with van der Waals surface area (Å²) in [6, 6.07) is 11.1. The van der Waals surface area contributed by atoms with E-state index in [2.05, 4.69) is 33.2 Å². The summed E-state index contributed by atoms with van der Waals surface area (Å²) in [4.78, 5) is 26.2. The lowest BCUT2D eigenvalue weighted by Crippen LogP contribution is -2.40. The normalized spacial score (nSPS) is 30.6. The third-order valence-electron chi connectivity index (χ3n) is 7.54. The Hall–Kier alpha value is -2.64. The molecule has 174 valence electrons. The van der Waals surface area contributed by atoms with Crippen molar-refractivity contribution in [2.45, 2.75) is 13.0 Å². The van der Waals surface area contributed by atoms with Crippen molar-refractivity contribution < 1.29 is 19.1 Å². The molecule has 1 aliphatic heterocycles. The maximum atomic E-state index is 13.1. The van der Waals surface area contributed by atoms with Crippen LogP contribution in [0.5, 0.6) is 11.5 Å². The predicted octanol–water partition coefficient (Wildman–Crippen LogP) is 5.08. The van der Waals surface area contributed by atoms with Crippen LogP contribution in [0.4, 0.5) is 0 Å². The van der Waals surface area contributed by atoms with Crippen molar-refractivity contribution in [3.63, 3.8) is 0 Å². The number of carbonyl (C=O) groups is 2. The molecule has 0 N–H and O–H groups in total. The van der Waals surface area contributed by atoms with Crippen molar-refractivity contribution in [3.05, 3.63) is 69.2 Å². The summed E-state index contributed by atoms with van der Waals surface area (Å²) in [5, 5.41) is 6.02. The number of hydrogen-bond acceptors (Lipinski definition) is 5. The Balaban J connectivity index is 1.21. The molecular formula is C26H22BrClN2O4. The van der Waals surface area contributed by atoms with Gasteiger partial charge in [-0.15, -0.1) is 0 Å². The molecule has 2 aromatic carbocycles. The molecule has 2 bridgehead atoms. The lowest BCUT2D eigenvalue weighted by Gasteiger charge is -2.37. The van der Waals surface area contributed by atoms with Crippen LogP contribution >= 0.6 is 27.5 Å². The minimum atomic E-state index is -0.259. The van der Waals surface area contributed by atoms with Gasteiger partial charge in [0.2, 0.25) is 0 Å². The number of halogens is 2. The van der Waals surface area contributed by atoms with Gasteiger partial charge in [-0.1, -0.05) is 42.0 Å². The lowest BCUT2D eigenvalue weighted by molar-refractivity contribution is -0.140. The molecule has 34 heavy (non-hydrogen) atoms. The highest BCUT2D eigenvalue weighted by Crippen LogP contribution is 2.65. The Labute approximate surface area is 210 Å². The average molecular weight is 542 g/mol. The number of benzene rings is 2. The molecule has 2 aromatic rings. The molecule has 8 heteroatoms. The lowest BCUT2D eigenvalue weighted by atomic mass is 9.63. The third kappa shape index (κ3) is 3.40. The van der Waals surface area contributed by atoms with Gasteiger partial charge in [-0.25, -0.2) is 0 Å². The van der Waals surface area contributed by atoms with Crippen LogP contribution in [-0.2, 0) is 16.2 Å². The van der Waals surface area contributed by atoms with E-state index in [1.165, 1.54) is 6.21 Å². The van der Waals surface area contributed by atoms with E-state index in [4.69, 9.17) is 21.1 Å². The Morgan fingerprint density at radius 3 is 2.44 bits per heavy atom. The van der Waals surface area contributed by atoms with Gasteiger partial charge in [0.1, 0.15) is 6.61 Å². The number of hydrazone groups is 1. The highest BCUT2D eigenvalue weighted by Gasteiger charge is 2.67. The van der Waals surface area contributed by atoms with Crippen molar-refractivity contribution >= 4 is 45.6 Å². The number of carbonyl (C=O) groups excluding carboxylic acids is 2. The first-order chi connectivity index (χ1) is 16.5. The zero-order valence-corrected chi connectivity index (χ0v) is 20.7. The van der Waals surface area contributed by atoms with E-state index in [1.807, 2.05) is 30.3 Å². The van der Waals surface area contributed by atoms with Crippen LogP contribution in [0, 0.1) is 35.5 Å². The number of nitrogens with zero attached hydrogens (tertiary/aromatic N) is 2. The Bertz CT molecular complexity index is 1230. The minimum Gasteiger partial charge on any atom is -0.493 e. The van der Waals surface area contributed by atoms with E-state index in [1.54, 1.807) is 13.2 Å². The highest BCUT2D eigenvalue weighted by molar-refractivity contribution is 9.10. The maximum absolute atomic E-state index is 13.1.